The van der Waals surface area contributed by atoms with Gasteiger partial charge in [0.2, 0.25) is 0 Å². The maximum absolute atomic E-state index is 12.8. The fraction of sp³-hybridized carbons (Fsp3) is 0.429. The van der Waals surface area contributed by atoms with Crippen molar-refractivity contribution < 1.29 is 27.8 Å². The fourth-order valence-corrected chi connectivity index (χ4v) is 3.65. The molecule has 10 heteroatoms. The van der Waals surface area contributed by atoms with E-state index in [9.17, 15) is 23.1 Å². The van der Waals surface area contributed by atoms with Crippen LogP contribution in [0.3, 0.4) is 0 Å². The third-order valence-corrected chi connectivity index (χ3v) is 5.46. The molecule has 1 aromatic heterocycles. The van der Waals surface area contributed by atoms with E-state index in [0.29, 0.717) is 30.2 Å². The first-order valence-corrected chi connectivity index (χ1v) is 10.5. The van der Waals surface area contributed by atoms with E-state index in [1.54, 1.807) is 18.2 Å². The number of nitrogens with one attached hydrogen (secondary N) is 1. The van der Waals surface area contributed by atoms with Crippen LogP contribution >= 0.6 is 11.3 Å². The van der Waals surface area contributed by atoms with Gasteiger partial charge in [0.15, 0.2) is 11.6 Å². The Kier molecular flexibility index (Phi) is 9.02. The lowest BCUT2D eigenvalue weighted by Gasteiger charge is -2.26. The molecule has 2 aromatic rings. The molecule has 1 heterocycles. The van der Waals surface area contributed by atoms with Gasteiger partial charge in [-0.25, -0.2) is 4.98 Å². The summed E-state index contributed by atoms with van der Waals surface area (Å²) >= 11 is 0.473. The van der Waals surface area contributed by atoms with Gasteiger partial charge in [0.25, 0.3) is 5.91 Å². The van der Waals surface area contributed by atoms with Crippen molar-refractivity contribution in [3.05, 3.63) is 58.6 Å². The van der Waals surface area contributed by atoms with E-state index in [0.717, 1.165) is 5.56 Å². The third-order valence-electron chi connectivity index (χ3n) is 4.55. The number of carbonyl (C=O) groups excluding carboxylic acids is 1. The van der Waals surface area contributed by atoms with E-state index in [4.69, 9.17) is 4.74 Å². The third kappa shape index (κ3) is 7.64. The Labute approximate surface area is 183 Å². The molecule has 0 aliphatic carbocycles. The highest BCUT2D eigenvalue weighted by molar-refractivity contribution is 7.09. The Morgan fingerprint density at radius 1 is 1.35 bits per heavy atom. The number of aliphatic hydroxyl groups excluding tert-OH is 1. The maximum Gasteiger partial charge on any atom is 0.443 e. The number of nitrogens with zero attached hydrogens (tertiary/aromatic N) is 2. The fourth-order valence-electron chi connectivity index (χ4n) is 2.92. The van der Waals surface area contributed by atoms with Gasteiger partial charge in [-0.15, -0.1) is 17.9 Å². The quantitative estimate of drug-likeness (QED) is 0.505. The van der Waals surface area contributed by atoms with Crippen LogP contribution in [-0.4, -0.2) is 54.2 Å². The number of thiazole rings is 1. The Balaban J connectivity index is 1.97. The molecule has 1 amide bonds. The zero-order chi connectivity index (χ0) is 23.0. The summed E-state index contributed by atoms with van der Waals surface area (Å²) in [6.07, 6.45) is -3.98. The highest BCUT2D eigenvalue weighted by atomic mass is 32.1. The van der Waals surface area contributed by atoms with Gasteiger partial charge in [0, 0.05) is 32.1 Å². The van der Waals surface area contributed by atoms with E-state index < -0.39 is 17.3 Å². The second-order valence-electron chi connectivity index (χ2n) is 7.03. The van der Waals surface area contributed by atoms with Crippen molar-refractivity contribution in [3.8, 4) is 5.75 Å². The predicted octanol–water partition coefficient (Wildman–Crippen LogP) is 3.61. The Morgan fingerprint density at radius 3 is 2.58 bits per heavy atom. The van der Waals surface area contributed by atoms with Crippen molar-refractivity contribution >= 4 is 17.2 Å². The Morgan fingerprint density at radius 2 is 2.03 bits per heavy atom. The number of ether oxygens (including phenoxy) is 1. The predicted molar refractivity (Wildman–Crippen MR) is 113 cm³/mol. The van der Waals surface area contributed by atoms with Crippen LogP contribution in [0.5, 0.6) is 5.75 Å². The van der Waals surface area contributed by atoms with Crippen LogP contribution in [0.15, 0.2) is 42.3 Å². The monoisotopic (exact) mass is 457 g/mol. The number of benzene rings is 1. The standard InChI is InChI=1S/C21H26F3N3O3S/c1-4-9-27(11-18(28)17-13-31-20(26-17)21(22,23)24)10-14(2)15-5-7-16(8-6-15)30-12-19(29)25-3/h4-8,13-14,18,28H,1,9-12H2,2-3H3,(H,25,29). The van der Waals surface area contributed by atoms with Crippen LogP contribution in [0.2, 0.25) is 0 Å². The molecule has 170 valence electrons. The SMILES string of the molecule is C=CCN(CC(C)c1ccc(OCC(=O)NC)cc1)CC(O)c1csc(C(F)(F)F)n1. The summed E-state index contributed by atoms with van der Waals surface area (Å²) < 4.78 is 43.7. The Bertz CT molecular complexity index is 856. The lowest BCUT2D eigenvalue weighted by Crippen LogP contribution is -2.32. The highest BCUT2D eigenvalue weighted by Gasteiger charge is 2.35. The lowest BCUT2D eigenvalue weighted by atomic mass is 10.00. The number of hydrogen-bond donors (Lipinski definition) is 2. The molecule has 6 nitrogen and oxygen atoms in total. The number of amides is 1. The van der Waals surface area contributed by atoms with E-state index >= 15 is 0 Å². The number of aliphatic hydroxyl groups is 1. The van der Waals surface area contributed by atoms with Crippen molar-refractivity contribution in [2.45, 2.75) is 25.1 Å². The minimum Gasteiger partial charge on any atom is -0.484 e. The molecular weight excluding hydrogens is 431 g/mol. The minimum absolute atomic E-state index is 0.0108. The van der Waals surface area contributed by atoms with Crippen molar-refractivity contribution in [1.29, 1.82) is 0 Å². The van der Waals surface area contributed by atoms with E-state index in [-0.39, 0.29) is 30.7 Å². The van der Waals surface area contributed by atoms with Crippen LogP contribution in [0, 0.1) is 0 Å². The molecule has 0 aliphatic rings. The van der Waals surface area contributed by atoms with Crippen LogP contribution in [0.4, 0.5) is 13.2 Å². The number of aromatic nitrogens is 1. The van der Waals surface area contributed by atoms with Gasteiger partial charge in [-0.1, -0.05) is 25.1 Å². The zero-order valence-electron chi connectivity index (χ0n) is 17.4. The first-order chi connectivity index (χ1) is 14.6. The average molecular weight is 458 g/mol. The molecule has 2 unspecified atom stereocenters. The van der Waals surface area contributed by atoms with E-state index in [2.05, 4.69) is 16.9 Å². The molecule has 0 saturated carbocycles. The second-order valence-corrected chi connectivity index (χ2v) is 7.89. The van der Waals surface area contributed by atoms with Crippen molar-refractivity contribution in [1.82, 2.24) is 15.2 Å². The van der Waals surface area contributed by atoms with Gasteiger partial charge >= 0.3 is 6.18 Å². The molecule has 2 atom stereocenters. The number of rotatable bonds is 11. The van der Waals surface area contributed by atoms with Crippen LogP contribution in [0.25, 0.3) is 0 Å². The molecule has 0 fully saturated rings. The second kappa shape index (κ2) is 11.3. The number of carbonyl (C=O) groups is 1. The summed E-state index contributed by atoms with van der Waals surface area (Å²) in [6.45, 7) is 6.80. The molecule has 0 bridgehead atoms. The van der Waals surface area contributed by atoms with Crippen molar-refractivity contribution in [3.63, 3.8) is 0 Å². The summed E-state index contributed by atoms with van der Waals surface area (Å²) in [5, 5.41) is 13.1. The topological polar surface area (TPSA) is 74.7 Å². The van der Waals surface area contributed by atoms with Gasteiger partial charge in [0.05, 0.1) is 5.69 Å². The first kappa shape index (κ1) is 24.8. The Hall–Kier alpha value is -2.43. The summed E-state index contributed by atoms with van der Waals surface area (Å²) in [5.74, 6) is 0.418. The molecule has 0 radical (unpaired) electrons. The number of halogens is 3. The lowest BCUT2D eigenvalue weighted by molar-refractivity contribution is -0.137. The zero-order valence-corrected chi connectivity index (χ0v) is 18.2. The smallest absolute Gasteiger partial charge is 0.443 e. The highest BCUT2D eigenvalue weighted by Crippen LogP contribution is 2.33. The molecule has 0 saturated heterocycles. The number of hydrogen-bond acceptors (Lipinski definition) is 6. The molecule has 0 aliphatic heterocycles. The van der Waals surface area contributed by atoms with Gasteiger partial charge in [-0.2, -0.15) is 13.2 Å². The summed E-state index contributed by atoms with van der Waals surface area (Å²) in [6, 6.07) is 7.33. The number of likely N-dealkylation sites (N-methyl/N-ethyl adjacent to an activating group) is 1. The van der Waals surface area contributed by atoms with Gasteiger partial charge in [-0.05, 0) is 23.6 Å². The molecular formula is C21H26F3N3O3S. The molecule has 1 aromatic carbocycles. The largest absolute Gasteiger partial charge is 0.484 e. The van der Waals surface area contributed by atoms with Gasteiger partial charge < -0.3 is 15.2 Å². The van der Waals surface area contributed by atoms with Crippen molar-refractivity contribution in [2.75, 3.05) is 33.3 Å². The molecule has 2 N–H and O–H groups in total. The van der Waals surface area contributed by atoms with Crippen LogP contribution in [-0.2, 0) is 11.0 Å². The van der Waals surface area contributed by atoms with Gasteiger partial charge in [-0.3, -0.25) is 9.69 Å². The number of alkyl halides is 3. The van der Waals surface area contributed by atoms with Crippen molar-refractivity contribution in [2.24, 2.45) is 0 Å². The average Bonchev–Trinajstić information content (AvgIpc) is 3.23. The van der Waals surface area contributed by atoms with Gasteiger partial charge in [0.1, 0.15) is 11.9 Å². The summed E-state index contributed by atoms with van der Waals surface area (Å²) in [4.78, 5) is 16.7. The van der Waals surface area contributed by atoms with Crippen LogP contribution < -0.4 is 10.1 Å². The summed E-state index contributed by atoms with van der Waals surface area (Å²) in [5.41, 5.74) is 1.03. The maximum atomic E-state index is 12.8. The normalized spacial score (nSPS) is 13.6. The molecule has 2 rings (SSSR count). The molecule has 0 spiro atoms. The first-order valence-electron chi connectivity index (χ1n) is 9.61. The molecule has 31 heavy (non-hydrogen) atoms. The minimum atomic E-state index is -4.52. The van der Waals surface area contributed by atoms with Crippen LogP contribution in [0.1, 0.15) is 35.2 Å². The van der Waals surface area contributed by atoms with E-state index in [1.165, 1.54) is 12.4 Å². The summed E-state index contributed by atoms with van der Waals surface area (Å²) in [7, 11) is 1.53. The van der Waals surface area contributed by atoms with E-state index in [1.807, 2.05) is 24.0 Å².